The average molecular weight is 357 g/mol. The molecule has 0 amide bonds. The molecule has 0 saturated carbocycles. The predicted molar refractivity (Wildman–Crippen MR) is 116 cm³/mol. The van der Waals surface area contributed by atoms with Crippen molar-refractivity contribution in [2.24, 2.45) is 0 Å². The van der Waals surface area contributed by atoms with Crippen molar-refractivity contribution in [3.63, 3.8) is 0 Å². The van der Waals surface area contributed by atoms with Gasteiger partial charge in [-0.25, -0.2) is 0 Å². The summed E-state index contributed by atoms with van der Waals surface area (Å²) in [6.45, 7) is 0. The largest absolute Gasteiger partial charge is 0.193 e. The third kappa shape index (κ3) is 3.77. The summed E-state index contributed by atoms with van der Waals surface area (Å²) in [6, 6.07) is 39.5. The van der Waals surface area contributed by atoms with E-state index in [1.165, 1.54) is 22.3 Å². The Morgan fingerprint density at radius 1 is 0.500 bits per heavy atom. The number of nitrogens with zero attached hydrogens (tertiary/aromatic N) is 1. The molecule has 0 radical (unpaired) electrons. The summed E-state index contributed by atoms with van der Waals surface area (Å²) in [5.41, 5.74) is 7.71. The maximum atomic E-state index is 9.30. The Morgan fingerprint density at radius 3 is 1.21 bits per heavy atom. The van der Waals surface area contributed by atoms with Gasteiger partial charge in [0, 0.05) is 6.08 Å². The molecule has 1 nitrogen and oxygen atoms in total. The van der Waals surface area contributed by atoms with Crippen molar-refractivity contribution in [3.05, 3.63) is 126 Å². The standard InChI is InChI=1S/C27H19N/c28-20-19-27(25-15-11-23(12-16-25)21-7-3-1-4-8-21)26-17-13-24(14-18-26)22-9-5-2-6-10-22/h1-19H. The second kappa shape index (κ2) is 8.20. The highest BCUT2D eigenvalue weighted by molar-refractivity contribution is 5.83. The molecule has 28 heavy (non-hydrogen) atoms. The second-order valence-electron chi connectivity index (χ2n) is 6.57. The van der Waals surface area contributed by atoms with Crippen LogP contribution in [0.4, 0.5) is 0 Å². The van der Waals surface area contributed by atoms with E-state index in [-0.39, 0.29) is 0 Å². The Kier molecular flexibility index (Phi) is 5.13. The van der Waals surface area contributed by atoms with Crippen LogP contribution in [0.15, 0.2) is 115 Å². The van der Waals surface area contributed by atoms with Crippen LogP contribution < -0.4 is 0 Å². The Morgan fingerprint density at radius 2 is 0.857 bits per heavy atom. The molecular formula is C27H19N. The fraction of sp³-hybridized carbons (Fsp3) is 0. The van der Waals surface area contributed by atoms with Gasteiger partial charge in [0.2, 0.25) is 0 Å². The molecule has 0 bridgehead atoms. The molecule has 0 aliphatic heterocycles. The molecule has 4 aromatic rings. The highest BCUT2D eigenvalue weighted by Gasteiger charge is 2.07. The predicted octanol–water partition coefficient (Wildman–Crippen LogP) is 6.98. The molecular weight excluding hydrogens is 338 g/mol. The number of nitriles is 1. The summed E-state index contributed by atoms with van der Waals surface area (Å²) in [7, 11) is 0. The quantitative estimate of drug-likeness (QED) is 0.362. The number of hydrogen-bond acceptors (Lipinski definition) is 1. The van der Waals surface area contributed by atoms with Gasteiger partial charge in [-0.15, -0.1) is 0 Å². The Labute approximate surface area is 165 Å². The number of rotatable bonds is 4. The average Bonchev–Trinajstić information content (AvgIpc) is 2.79. The van der Waals surface area contributed by atoms with Crippen LogP contribution in [0.5, 0.6) is 0 Å². The van der Waals surface area contributed by atoms with Crippen LogP contribution >= 0.6 is 0 Å². The lowest BCUT2D eigenvalue weighted by molar-refractivity contribution is 1.50. The molecule has 1 heteroatoms. The molecule has 4 aromatic carbocycles. The fourth-order valence-electron chi connectivity index (χ4n) is 3.34. The number of allylic oxidation sites excluding steroid dienone is 1. The third-order valence-electron chi connectivity index (χ3n) is 4.81. The summed E-state index contributed by atoms with van der Waals surface area (Å²) in [6.07, 6.45) is 1.62. The van der Waals surface area contributed by atoms with Crippen LogP contribution in [0.1, 0.15) is 11.1 Å². The van der Waals surface area contributed by atoms with Gasteiger partial charge in [-0.3, -0.25) is 0 Å². The molecule has 0 spiro atoms. The van der Waals surface area contributed by atoms with Gasteiger partial charge in [0.1, 0.15) is 0 Å². The summed E-state index contributed by atoms with van der Waals surface area (Å²) in [4.78, 5) is 0. The van der Waals surface area contributed by atoms with Crippen LogP contribution in [-0.2, 0) is 0 Å². The zero-order valence-corrected chi connectivity index (χ0v) is 15.4. The van der Waals surface area contributed by atoms with Gasteiger partial charge in [-0.1, -0.05) is 109 Å². The minimum absolute atomic E-state index is 0.932. The normalized spacial score (nSPS) is 10.1. The minimum Gasteiger partial charge on any atom is -0.193 e. The van der Waals surface area contributed by atoms with Crippen LogP contribution in [0, 0.1) is 11.3 Å². The van der Waals surface area contributed by atoms with E-state index < -0.39 is 0 Å². The highest BCUT2D eigenvalue weighted by Crippen LogP contribution is 2.28. The summed E-state index contributed by atoms with van der Waals surface area (Å²) in [5.74, 6) is 0. The van der Waals surface area contributed by atoms with Crippen LogP contribution in [0.25, 0.3) is 27.8 Å². The molecule has 0 aromatic heterocycles. The van der Waals surface area contributed by atoms with E-state index in [4.69, 9.17) is 0 Å². The van der Waals surface area contributed by atoms with Gasteiger partial charge in [0.15, 0.2) is 0 Å². The van der Waals surface area contributed by atoms with Gasteiger partial charge < -0.3 is 0 Å². The first kappa shape index (κ1) is 17.5. The van der Waals surface area contributed by atoms with E-state index in [0.717, 1.165) is 16.7 Å². The summed E-state index contributed by atoms with van der Waals surface area (Å²) in [5, 5.41) is 9.30. The smallest absolute Gasteiger partial charge is 0.0918 e. The lowest BCUT2D eigenvalue weighted by Crippen LogP contribution is -1.89. The molecule has 0 N–H and O–H groups in total. The van der Waals surface area contributed by atoms with Gasteiger partial charge in [0.25, 0.3) is 0 Å². The molecule has 0 atom stereocenters. The van der Waals surface area contributed by atoms with E-state index in [9.17, 15) is 5.26 Å². The first-order chi connectivity index (χ1) is 13.8. The molecule has 0 saturated heterocycles. The van der Waals surface area contributed by atoms with Crippen molar-refractivity contribution < 1.29 is 0 Å². The topological polar surface area (TPSA) is 23.8 Å². The summed E-state index contributed by atoms with van der Waals surface area (Å²) < 4.78 is 0. The molecule has 132 valence electrons. The fourth-order valence-corrected chi connectivity index (χ4v) is 3.34. The van der Waals surface area contributed by atoms with E-state index in [0.29, 0.717) is 0 Å². The lowest BCUT2D eigenvalue weighted by atomic mass is 9.94. The van der Waals surface area contributed by atoms with Crippen LogP contribution in [0.2, 0.25) is 0 Å². The first-order valence-corrected chi connectivity index (χ1v) is 9.27. The monoisotopic (exact) mass is 357 g/mol. The van der Waals surface area contributed by atoms with E-state index in [2.05, 4.69) is 78.9 Å². The van der Waals surface area contributed by atoms with Crippen LogP contribution in [-0.4, -0.2) is 0 Å². The van der Waals surface area contributed by atoms with Gasteiger partial charge in [-0.2, -0.15) is 5.26 Å². The van der Waals surface area contributed by atoms with Gasteiger partial charge >= 0.3 is 0 Å². The van der Waals surface area contributed by atoms with E-state index >= 15 is 0 Å². The van der Waals surface area contributed by atoms with Crippen molar-refractivity contribution >= 4 is 5.57 Å². The Balaban J connectivity index is 1.65. The highest BCUT2D eigenvalue weighted by atomic mass is 14.2. The third-order valence-corrected chi connectivity index (χ3v) is 4.81. The van der Waals surface area contributed by atoms with Crippen molar-refractivity contribution in [3.8, 4) is 28.3 Å². The molecule has 0 fully saturated rings. The molecule has 0 aliphatic rings. The van der Waals surface area contributed by atoms with Crippen molar-refractivity contribution in [1.82, 2.24) is 0 Å². The first-order valence-electron chi connectivity index (χ1n) is 9.27. The SMILES string of the molecule is N#CC=C(c1ccc(-c2ccccc2)cc1)c1ccc(-c2ccccc2)cc1. The maximum absolute atomic E-state index is 9.30. The van der Waals surface area contributed by atoms with E-state index in [1.807, 2.05) is 36.4 Å². The molecule has 0 heterocycles. The molecule has 0 unspecified atom stereocenters. The van der Waals surface area contributed by atoms with Crippen molar-refractivity contribution in [2.75, 3.05) is 0 Å². The van der Waals surface area contributed by atoms with Gasteiger partial charge in [-0.05, 0) is 39.0 Å². The zero-order valence-electron chi connectivity index (χ0n) is 15.4. The van der Waals surface area contributed by atoms with Crippen molar-refractivity contribution in [2.45, 2.75) is 0 Å². The van der Waals surface area contributed by atoms with Crippen LogP contribution in [0.3, 0.4) is 0 Å². The Hall–Kier alpha value is -3.89. The summed E-state index contributed by atoms with van der Waals surface area (Å²) >= 11 is 0. The van der Waals surface area contributed by atoms with Crippen molar-refractivity contribution in [1.29, 1.82) is 5.26 Å². The lowest BCUT2D eigenvalue weighted by Gasteiger charge is -2.10. The Bertz CT molecular complexity index is 1030. The minimum atomic E-state index is 0.932. The number of benzene rings is 4. The molecule has 4 rings (SSSR count). The second-order valence-corrected chi connectivity index (χ2v) is 6.57. The zero-order chi connectivity index (χ0) is 19.2. The molecule has 0 aliphatic carbocycles. The maximum Gasteiger partial charge on any atom is 0.0918 e. The van der Waals surface area contributed by atoms with E-state index in [1.54, 1.807) is 6.08 Å². The van der Waals surface area contributed by atoms with Gasteiger partial charge in [0.05, 0.1) is 6.07 Å². The number of hydrogen-bond donors (Lipinski definition) is 0.